The zero-order chi connectivity index (χ0) is 44.6. The number of nitrogens with zero attached hydrogens (tertiary/aromatic N) is 1. The second-order valence-corrected chi connectivity index (χ2v) is 22.6. The lowest BCUT2D eigenvalue weighted by molar-refractivity contribution is 0.332. The van der Waals surface area contributed by atoms with Crippen molar-refractivity contribution in [1.29, 1.82) is 0 Å². The van der Waals surface area contributed by atoms with Gasteiger partial charge in [-0.15, -0.1) is 11.3 Å². The number of hydrogen-bond acceptors (Lipinski definition) is 4. The van der Waals surface area contributed by atoms with Crippen LogP contribution in [0.25, 0.3) is 103 Å². The van der Waals surface area contributed by atoms with Crippen molar-refractivity contribution in [2.24, 2.45) is 0 Å². The average Bonchev–Trinajstić information content (AvgIpc) is 4.06. The number of anilines is 2. The zero-order valence-electron chi connectivity index (χ0n) is 38.5. The molecule has 0 fully saturated rings. The molecule has 320 valence electrons. The molecule has 0 saturated carbocycles. The van der Waals surface area contributed by atoms with Gasteiger partial charge in [-0.3, -0.25) is 0 Å². The first-order valence-electron chi connectivity index (χ1n) is 23.6. The maximum atomic E-state index is 6.79. The van der Waals surface area contributed by atoms with Crippen LogP contribution in [0.5, 0.6) is 0 Å². The van der Waals surface area contributed by atoms with Crippen LogP contribution in [0, 0.1) is 0 Å². The molecule has 0 amide bonds. The van der Waals surface area contributed by atoms with Crippen molar-refractivity contribution < 1.29 is 8.83 Å². The Hall–Kier alpha value is -6.76. The van der Waals surface area contributed by atoms with E-state index in [1.165, 1.54) is 80.8 Å². The second kappa shape index (κ2) is 13.0. The van der Waals surface area contributed by atoms with Gasteiger partial charge in [0.15, 0.2) is 7.28 Å². The molecule has 8 aromatic carbocycles. The van der Waals surface area contributed by atoms with E-state index in [1.807, 2.05) is 11.3 Å². The number of benzene rings is 8. The van der Waals surface area contributed by atoms with Gasteiger partial charge in [0.25, 0.3) is 0 Å². The van der Waals surface area contributed by atoms with E-state index >= 15 is 0 Å². The molecular weight excluding hydrogens is 824 g/mol. The minimum absolute atomic E-state index is 0.0462. The van der Waals surface area contributed by atoms with Gasteiger partial charge < -0.3 is 18.7 Å². The van der Waals surface area contributed by atoms with E-state index in [1.54, 1.807) is 0 Å². The maximum absolute atomic E-state index is 6.79. The van der Waals surface area contributed by atoms with Crippen LogP contribution < -0.4 is 16.2 Å². The Bertz CT molecular complexity index is 4090. The fourth-order valence-electron chi connectivity index (χ4n) is 12.0. The van der Waals surface area contributed by atoms with Crippen LogP contribution in [0.1, 0.15) is 78.0 Å². The van der Waals surface area contributed by atoms with Gasteiger partial charge in [0.1, 0.15) is 22.3 Å². The third-order valence-electron chi connectivity index (χ3n) is 15.6. The maximum Gasteiger partial charge on any atom is 0.198 e. The highest BCUT2D eigenvalue weighted by molar-refractivity contribution is 7.27. The van der Waals surface area contributed by atoms with Crippen molar-refractivity contribution in [3.05, 3.63) is 150 Å². The molecule has 2 aliphatic rings. The van der Waals surface area contributed by atoms with E-state index in [4.69, 9.17) is 8.83 Å². The van der Waals surface area contributed by atoms with Crippen molar-refractivity contribution in [2.75, 3.05) is 5.32 Å². The van der Waals surface area contributed by atoms with Gasteiger partial charge in [-0.05, 0) is 111 Å². The summed E-state index contributed by atoms with van der Waals surface area (Å²) in [6.07, 6.45) is 2.32. The number of fused-ring (bicyclic) bond motifs is 16. The molecule has 0 radical (unpaired) electrons. The Morgan fingerprint density at radius 3 is 1.92 bits per heavy atom. The van der Waals surface area contributed by atoms with Crippen LogP contribution >= 0.6 is 11.3 Å². The lowest BCUT2D eigenvalue weighted by Gasteiger charge is -2.42. The van der Waals surface area contributed by atoms with E-state index in [-0.39, 0.29) is 16.2 Å². The second-order valence-electron chi connectivity index (χ2n) is 21.6. The lowest BCUT2D eigenvalue weighted by Crippen LogP contribution is -2.37. The van der Waals surface area contributed by atoms with Gasteiger partial charge in [0.05, 0.1) is 11.0 Å². The fourth-order valence-corrected chi connectivity index (χ4v) is 13.2. The first kappa shape index (κ1) is 38.5. The van der Waals surface area contributed by atoms with Gasteiger partial charge in [-0.25, -0.2) is 0 Å². The van der Waals surface area contributed by atoms with Crippen molar-refractivity contribution in [3.8, 4) is 16.8 Å². The highest BCUT2D eigenvalue weighted by atomic mass is 32.1. The third-order valence-corrected chi connectivity index (χ3v) is 16.8. The molecule has 4 aromatic heterocycles. The summed E-state index contributed by atoms with van der Waals surface area (Å²) in [6.45, 7) is 16.6. The number of nitrogens with one attached hydrogen (secondary N) is 1. The molecule has 0 spiro atoms. The Kier molecular flexibility index (Phi) is 7.58. The van der Waals surface area contributed by atoms with Crippen LogP contribution in [-0.2, 0) is 16.2 Å². The predicted octanol–water partition coefficient (Wildman–Crippen LogP) is 15.7. The molecule has 4 nitrogen and oxygen atoms in total. The largest absolute Gasteiger partial charge is 0.456 e. The fraction of sp³-hybridized carbons (Fsp3) is 0.200. The summed E-state index contributed by atoms with van der Waals surface area (Å²) in [5, 5.41) is 13.9. The summed E-state index contributed by atoms with van der Waals surface area (Å²) in [5.74, 6) is 0. The SMILES string of the molecule is CC(C)(C)c1ccc(Nc2cc3c(cc2-c2c4c5c(c6cc7c(cc6n5-c5cc6oc8ccccc8c6cc5B4)C(C)(C)CCC7(C)C)c4sc5ccccc5c24)oc2ccccc23)cc1. The summed E-state index contributed by atoms with van der Waals surface area (Å²) < 4.78 is 18.7. The predicted molar refractivity (Wildman–Crippen MR) is 284 cm³/mol. The van der Waals surface area contributed by atoms with Crippen LogP contribution in [0.4, 0.5) is 11.4 Å². The highest BCUT2D eigenvalue weighted by Gasteiger charge is 2.39. The Labute approximate surface area is 388 Å². The van der Waals surface area contributed by atoms with Crippen molar-refractivity contribution in [3.63, 3.8) is 0 Å². The molecule has 12 aromatic rings. The van der Waals surface area contributed by atoms with E-state index in [0.29, 0.717) is 0 Å². The number of furan rings is 2. The molecule has 0 bridgehead atoms. The lowest BCUT2D eigenvalue weighted by atomic mass is 9.58. The van der Waals surface area contributed by atoms with Gasteiger partial charge >= 0.3 is 0 Å². The number of rotatable bonds is 3. The van der Waals surface area contributed by atoms with Gasteiger partial charge in [-0.2, -0.15) is 0 Å². The quantitative estimate of drug-likeness (QED) is 0.180. The first-order valence-corrected chi connectivity index (χ1v) is 24.4. The normalized spacial score (nSPS) is 15.4. The van der Waals surface area contributed by atoms with Crippen LogP contribution in [0.15, 0.2) is 142 Å². The molecule has 66 heavy (non-hydrogen) atoms. The van der Waals surface area contributed by atoms with Gasteiger partial charge in [0, 0.05) is 81.2 Å². The molecule has 0 unspecified atom stereocenters. The first-order chi connectivity index (χ1) is 31.8. The molecule has 14 rings (SSSR count). The summed E-state index contributed by atoms with van der Waals surface area (Å²) in [7, 11) is 0.766. The number of para-hydroxylation sites is 2. The minimum atomic E-state index is 0.0462. The summed E-state index contributed by atoms with van der Waals surface area (Å²) in [5.41, 5.74) is 19.0. The average molecular weight is 873 g/mol. The number of hydrogen-bond donors (Lipinski definition) is 1. The van der Waals surface area contributed by atoms with E-state index in [2.05, 4.69) is 192 Å². The van der Waals surface area contributed by atoms with Crippen LogP contribution in [-0.4, -0.2) is 11.8 Å². The summed E-state index contributed by atoms with van der Waals surface area (Å²) in [6, 6.07) is 49.7. The minimum Gasteiger partial charge on any atom is -0.456 e. The Balaban J connectivity index is 1.17. The molecule has 5 heterocycles. The molecule has 6 heteroatoms. The van der Waals surface area contributed by atoms with E-state index in [9.17, 15) is 0 Å². The molecule has 1 aliphatic carbocycles. The summed E-state index contributed by atoms with van der Waals surface area (Å²) >= 11 is 1.94. The van der Waals surface area contributed by atoms with Crippen molar-refractivity contribution in [1.82, 2.24) is 4.57 Å². The van der Waals surface area contributed by atoms with Gasteiger partial charge in [-0.1, -0.05) is 127 Å². The van der Waals surface area contributed by atoms with E-state index in [0.717, 1.165) is 80.9 Å². The van der Waals surface area contributed by atoms with E-state index < -0.39 is 0 Å². The van der Waals surface area contributed by atoms with Crippen molar-refractivity contribution >= 4 is 127 Å². The highest BCUT2D eigenvalue weighted by Crippen LogP contribution is 2.53. The topological polar surface area (TPSA) is 43.2 Å². The standard InChI is InChI=1S/C60H49BN2O2S/c1-58(2,3)32-20-22-33(23-21-32)62-44-28-38-35-15-9-12-18-48(35)64-49(38)29-39(44)52-53-36-16-10-13-19-51(36)66-57(53)54-40-26-41-42(60(6,7)25-24-59(41,4)5)30-45(40)63-46-31-50-37(27-43(46)61-55(52)56(54)63)34-14-8-11-17-47(34)65-50/h8-23,26-31,61-62H,24-25H2,1-7H3. The summed E-state index contributed by atoms with van der Waals surface area (Å²) in [4.78, 5) is 0. The molecule has 0 saturated heterocycles. The van der Waals surface area contributed by atoms with Gasteiger partial charge in [0.2, 0.25) is 0 Å². The number of thiophene rings is 1. The smallest absolute Gasteiger partial charge is 0.198 e. The third kappa shape index (κ3) is 5.28. The Morgan fingerprint density at radius 2 is 1.23 bits per heavy atom. The zero-order valence-corrected chi connectivity index (χ0v) is 39.3. The molecular formula is C60H49BN2O2S. The Morgan fingerprint density at radius 1 is 0.606 bits per heavy atom. The molecule has 1 N–H and O–H groups in total. The molecule has 1 aliphatic heterocycles. The van der Waals surface area contributed by atoms with Crippen LogP contribution in [0.2, 0.25) is 0 Å². The molecule has 0 atom stereocenters. The monoisotopic (exact) mass is 872 g/mol. The van der Waals surface area contributed by atoms with Crippen molar-refractivity contribution in [2.45, 2.75) is 77.6 Å². The van der Waals surface area contributed by atoms with Crippen LogP contribution in [0.3, 0.4) is 0 Å². The number of aromatic nitrogens is 1.